The molecule has 2 aliphatic heterocycles. The summed E-state index contributed by atoms with van der Waals surface area (Å²) in [6, 6.07) is 5.58. The maximum Gasteiger partial charge on any atom is 0.416 e. The van der Waals surface area contributed by atoms with Crippen molar-refractivity contribution in [1.82, 2.24) is 14.7 Å². The molecule has 15 heteroatoms. The van der Waals surface area contributed by atoms with Gasteiger partial charge >= 0.3 is 12.4 Å². The molecule has 0 bridgehead atoms. The minimum atomic E-state index is -5.06. The monoisotopic (exact) mass is 675 g/mol. The van der Waals surface area contributed by atoms with Gasteiger partial charge < -0.3 is 19.5 Å². The summed E-state index contributed by atoms with van der Waals surface area (Å²) in [7, 11) is 1.62. The van der Waals surface area contributed by atoms with Crippen LogP contribution in [0.2, 0.25) is 0 Å². The third-order valence-corrected chi connectivity index (χ3v) is 7.82. The highest BCUT2D eigenvalue weighted by Gasteiger charge is 2.39. The van der Waals surface area contributed by atoms with Crippen molar-refractivity contribution in [3.05, 3.63) is 64.2 Å². The smallest absolute Gasteiger partial charge is 0.416 e. The standard InChI is InChI=1S/C29H35F6N3O4.2ClH/c1-19-3-4-20(12-26(19)39)11-24-16-36(5-7-37-9-10-42-18-25(37)17-41-2)6-8-38(24)27(40)21-13-22(28(30,31)32)15-23(14-21)29(33,34)35;;/h3-4,12-15,24-25,39H,5-11,16-18H2,1-2H3;2*1H/t24?,25-;;/m1../s1. The number of aromatic hydroxyl groups is 1. The molecule has 2 aliphatic rings. The highest BCUT2D eigenvalue weighted by molar-refractivity contribution is 5.95. The van der Waals surface area contributed by atoms with Gasteiger partial charge in [-0.2, -0.15) is 26.3 Å². The van der Waals surface area contributed by atoms with E-state index in [0.29, 0.717) is 69.3 Å². The molecule has 2 aromatic rings. The number of phenols is 1. The van der Waals surface area contributed by atoms with E-state index in [4.69, 9.17) is 9.47 Å². The molecule has 2 atom stereocenters. The maximum absolute atomic E-state index is 13.6. The highest BCUT2D eigenvalue weighted by Crippen LogP contribution is 2.37. The molecule has 2 saturated heterocycles. The van der Waals surface area contributed by atoms with Crippen LogP contribution in [0.3, 0.4) is 0 Å². The average Bonchev–Trinajstić information content (AvgIpc) is 2.93. The number of benzene rings is 2. The van der Waals surface area contributed by atoms with Crippen molar-refractivity contribution in [2.75, 3.05) is 66.2 Å². The van der Waals surface area contributed by atoms with Gasteiger partial charge in [0, 0.05) is 58.0 Å². The third-order valence-electron chi connectivity index (χ3n) is 7.82. The summed E-state index contributed by atoms with van der Waals surface area (Å²) in [5.41, 5.74) is -2.39. The first-order valence-corrected chi connectivity index (χ1v) is 13.7. The molecule has 2 aromatic carbocycles. The van der Waals surface area contributed by atoms with E-state index in [1.165, 1.54) is 4.90 Å². The molecule has 2 heterocycles. The molecule has 2 fully saturated rings. The molecular weight excluding hydrogens is 639 g/mol. The van der Waals surface area contributed by atoms with E-state index in [9.17, 15) is 36.2 Å². The van der Waals surface area contributed by atoms with Gasteiger partial charge in [-0.3, -0.25) is 14.6 Å². The number of piperazine rings is 1. The van der Waals surface area contributed by atoms with Crippen LogP contribution in [0.15, 0.2) is 36.4 Å². The summed E-state index contributed by atoms with van der Waals surface area (Å²) in [4.78, 5) is 19.3. The predicted octanol–water partition coefficient (Wildman–Crippen LogP) is 5.30. The minimum absolute atomic E-state index is 0. The second kappa shape index (κ2) is 15.8. The van der Waals surface area contributed by atoms with Crippen LogP contribution < -0.4 is 0 Å². The van der Waals surface area contributed by atoms with E-state index in [2.05, 4.69) is 9.80 Å². The number of aryl methyl sites for hydroxylation is 1. The van der Waals surface area contributed by atoms with Crippen LogP contribution in [0.4, 0.5) is 26.3 Å². The molecule has 248 valence electrons. The number of hydrogen-bond donors (Lipinski definition) is 1. The van der Waals surface area contributed by atoms with Gasteiger partial charge in [0.15, 0.2) is 0 Å². The van der Waals surface area contributed by atoms with Crippen molar-refractivity contribution < 1.29 is 45.7 Å². The Labute approximate surface area is 264 Å². The van der Waals surface area contributed by atoms with E-state index in [1.807, 2.05) is 0 Å². The number of carbonyl (C=O) groups is 1. The first kappa shape index (κ1) is 37.9. The SMILES string of the molecule is COC[C@@H]1COCCN1CCN1CCN(C(=O)c2cc(C(F)(F)F)cc(C(F)(F)F)c2)C(Cc2ccc(C)c(O)c2)C1.Cl.Cl. The molecule has 7 nitrogen and oxygen atoms in total. The number of hydrogen-bond acceptors (Lipinski definition) is 6. The van der Waals surface area contributed by atoms with Crippen molar-refractivity contribution in [3.63, 3.8) is 0 Å². The Balaban J connectivity index is 0.00000337. The lowest BCUT2D eigenvalue weighted by molar-refractivity contribution is -0.143. The quantitative estimate of drug-likeness (QED) is 0.384. The summed E-state index contributed by atoms with van der Waals surface area (Å²) in [5, 5.41) is 10.2. The van der Waals surface area contributed by atoms with Crippen molar-refractivity contribution >= 4 is 30.7 Å². The third kappa shape index (κ3) is 9.60. The summed E-state index contributed by atoms with van der Waals surface area (Å²) in [6.07, 6.45) is -9.87. The lowest BCUT2D eigenvalue weighted by atomic mass is 9.98. The summed E-state index contributed by atoms with van der Waals surface area (Å²) >= 11 is 0. The van der Waals surface area contributed by atoms with Gasteiger partial charge in [0.2, 0.25) is 0 Å². The van der Waals surface area contributed by atoms with Gasteiger partial charge in [-0.1, -0.05) is 12.1 Å². The van der Waals surface area contributed by atoms with Gasteiger partial charge in [-0.25, -0.2) is 0 Å². The van der Waals surface area contributed by atoms with Crippen LogP contribution in [0, 0.1) is 6.92 Å². The molecule has 0 aromatic heterocycles. The van der Waals surface area contributed by atoms with Crippen LogP contribution in [0.1, 0.15) is 32.6 Å². The van der Waals surface area contributed by atoms with Gasteiger partial charge in [0.1, 0.15) is 5.75 Å². The van der Waals surface area contributed by atoms with Gasteiger partial charge in [-0.05, 0) is 48.7 Å². The number of phenolic OH excluding ortho intramolecular Hbond substituents is 1. The Morgan fingerprint density at radius 2 is 1.61 bits per heavy atom. The fraction of sp³-hybridized carbons (Fsp3) is 0.552. The Bertz CT molecular complexity index is 1220. The average molecular weight is 677 g/mol. The molecule has 4 rings (SSSR count). The summed E-state index contributed by atoms with van der Waals surface area (Å²) < 4.78 is 91.9. The largest absolute Gasteiger partial charge is 0.508 e. The molecule has 0 saturated carbocycles. The van der Waals surface area contributed by atoms with E-state index in [1.54, 1.807) is 32.2 Å². The molecule has 44 heavy (non-hydrogen) atoms. The van der Waals surface area contributed by atoms with Crippen molar-refractivity contribution in [2.24, 2.45) is 0 Å². The number of alkyl halides is 6. The Kier molecular flexibility index (Phi) is 13.6. The van der Waals surface area contributed by atoms with E-state index < -0.39 is 41.0 Å². The number of halogens is 8. The van der Waals surface area contributed by atoms with Gasteiger partial charge in [0.25, 0.3) is 5.91 Å². The Hall–Kier alpha value is -2.29. The van der Waals surface area contributed by atoms with E-state index in [-0.39, 0.29) is 55.6 Å². The van der Waals surface area contributed by atoms with Crippen LogP contribution in [-0.4, -0.2) is 104 Å². The second-order valence-corrected chi connectivity index (χ2v) is 10.8. The molecule has 0 spiro atoms. The van der Waals surface area contributed by atoms with Gasteiger partial charge in [-0.15, -0.1) is 24.8 Å². The number of nitrogens with zero attached hydrogens (tertiary/aromatic N) is 3. The van der Waals surface area contributed by atoms with Crippen molar-refractivity contribution in [3.8, 4) is 5.75 Å². The number of amides is 1. The van der Waals surface area contributed by atoms with Crippen LogP contribution in [-0.2, 0) is 28.2 Å². The summed E-state index contributed by atoms with van der Waals surface area (Å²) in [5.74, 6) is -0.844. The number of ether oxygens (including phenoxy) is 2. The van der Waals surface area contributed by atoms with Crippen LogP contribution in [0.5, 0.6) is 5.75 Å². The summed E-state index contributed by atoms with van der Waals surface area (Å²) in [6.45, 7) is 6.32. The van der Waals surface area contributed by atoms with E-state index >= 15 is 0 Å². The molecule has 1 N–H and O–H groups in total. The fourth-order valence-electron chi connectivity index (χ4n) is 5.46. The molecule has 1 amide bonds. The topological polar surface area (TPSA) is 65.5 Å². The van der Waals surface area contributed by atoms with Crippen LogP contribution in [0.25, 0.3) is 0 Å². The number of carbonyl (C=O) groups excluding carboxylic acids is 1. The zero-order valence-electron chi connectivity index (χ0n) is 24.3. The molecule has 0 radical (unpaired) electrons. The molecule has 1 unspecified atom stereocenters. The Morgan fingerprint density at radius 3 is 2.20 bits per heavy atom. The first-order chi connectivity index (χ1) is 19.8. The number of rotatable bonds is 8. The molecule has 0 aliphatic carbocycles. The van der Waals surface area contributed by atoms with Crippen molar-refractivity contribution in [1.29, 1.82) is 0 Å². The predicted molar refractivity (Wildman–Crippen MR) is 157 cm³/mol. The number of morpholine rings is 1. The van der Waals surface area contributed by atoms with E-state index in [0.717, 1.165) is 6.54 Å². The lowest BCUT2D eigenvalue weighted by Gasteiger charge is -2.43. The Morgan fingerprint density at radius 1 is 0.955 bits per heavy atom. The maximum atomic E-state index is 13.6. The zero-order chi connectivity index (χ0) is 30.7. The first-order valence-electron chi connectivity index (χ1n) is 13.7. The second-order valence-electron chi connectivity index (χ2n) is 10.8. The van der Waals surface area contributed by atoms with Crippen LogP contribution >= 0.6 is 24.8 Å². The molecular formula is C29H37Cl2F6N3O4. The highest BCUT2D eigenvalue weighted by atomic mass is 35.5. The van der Waals surface area contributed by atoms with Crippen molar-refractivity contribution in [2.45, 2.75) is 37.8 Å². The number of methoxy groups -OCH3 is 1. The minimum Gasteiger partial charge on any atom is -0.508 e. The lowest BCUT2D eigenvalue weighted by Crippen LogP contribution is -2.58. The van der Waals surface area contributed by atoms with Gasteiger partial charge in [0.05, 0.1) is 37.0 Å². The normalized spacial score (nSPS) is 20.1. The fourth-order valence-corrected chi connectivity index (χ4v) is 5.46. The zero-order valence-corrected chi connectivity index (χ0v) is 25.9.